The maximum absolute atomic E-state index is 11.8. The second kappa shape index (κ2) is 5.83. The summed E-state index contributed by atoms with van der Waals surface area (Å²) < 4.78 is 0. The fourth-order valence-electron chi connectivity index (χ4n) is 1.65. The molecule has 0 unspecified atom stereocenters. The Morgan fingerprint density at radius 3 is 2.65 bits per heavy atom. The number of aromatic hydroxyl groups is 1. The van der Waals surface area contributed by atoms with Crippen molar-refractivity contribution in [2.24, 2.45) is 0 Å². The summed E-state index contributed by atoms with van der Waals surface area (Å²) in [5, 5.41) is 21.0. The lowest BCUT2D eigenvalue weighted by Crippen LogP contribution is -2.14. The number of nitrogens with one attached hydrogen (secondary N) is 1. The molecule has 2 aromatic rings. The van der Waals surface area contributed by atoms with E-state index in [1.807, 2.05) is 0 Å². The molecule has 0 aliphatic rings. The van der Waals surface area contributed by atoms with Crippen molar-refractivity contribution in [1.82, 2.24) is 4.98 Å². The van der Waals surface area contributed by atoms with Gasteiger partial charge in [-0.1, -0.05) is 6.07 Å². The van der Waals surface area contributed by atoms with Gasteiger partial charge in [0.2, 0.25) is 5.91 Å². The number of amides is 1. The molecule has 1 aromatic carbocycles. The molecule has 0 spiro atoms. The quantitative estimate of drug-likeness (QED) is 0.735. The van der Waals surface area contributed by atoms with E-state index < -0.39 is 5.97 Å². The van der Waals surface area contributed by atoms with Crippen molar-refractivity contribution in [3.05, 3.63) is 53.9 Å². The van der Waals surface area contributed by atoms with E-state index in [2.05, 4.69) is 10.3 Å². The number of rotatable bonds is 4. The lowest BCUT2D eigenvalue weighted by Gasteiger charge is -2.08. The van der Waals surface area contributed by atoms with Gasteiger partial charge in [0.1, 0.15) is 5.75 Å². The molecule has 0 bridgehead atoms. The Labute approximate surface area is 114 Å². The number of pyridine rings is 1. The third-order valence-corrected chi connectivity index (χ3v) is 2.61. The van der Waals surface area contributed by atoms with Crippen molar-refractivity contribution >= 4 is 17.6 Å². The number of hydrogen-bond acceptors (Lipinski definition) is 4. The number of phenols is 1. The monoisotopic (exact) mass is 272 g/mol. The summed E-state index contributed by atoms with van der Waals surface area (Å²) in [7, 11) is 0. The van der Waals surface area contributed by atoms with Gasteiger partial charge in [-0.3, -0.25) is 9.78 Å². The second-order valence-corrected chi connectivity index (χ2v) is 4.12. The van der Waals surface area contributed by atoms with Crippen molar-refractivity contribution in [3.8, 4) is 5.75 Å². The molecule has 102 valence electrons. The van der Waals surface area contributed by atoms with Gasteiger partial charge in [-0.05, 0) is 29.8 Å². The molecule has 0 saturated heterocycles. The molecule has 6 nitrogen and oxygen atoms in total. The third-order valence-electron chi connectivity index (χ3n) is 2.61. The molecule has 0 aliphatic carbocycles. The molecule has 20 heavy (non-hydrogen) atoms. The van der Waals surface area contributed by atoms with Crippen LogP contribution in [0.25, 0.3) is 0 Å². The summed E-state index contributed by atoms with van der Waals surface area (Å²) >= 11 is 0. The summed E-state index contributed by atoms with van der Waals surface area (Å²) in [4.78, 5) is 26.4. The number of aromatic nitrogens is 1. The average molecular weight is 272 g/mol. The van der Waals surface area contributed by atoms with Gasteiger partial charge in [0.25, 0.3) is 0 Å². The van der Waals surface area contributed by atoms with Crippen molar-refractivity contribution in [3.63, 3.8) is 0 Å². The van der Waals surface area contributed by atoms with E-state index in [1.54, 1.807) is 24.5 Å². The van der Waals surface area contributed by atoms with Crippen LogP contribution in [0.1, 0.15) is 15.9 Å². The number of aromatic carboxylic acids is 1. The largest absolute Gasteiger partial charge is 0.506 e. The Kier molecular flexibility index (Phi) is 3.95. The number of benzene rings is 1. The topological polar surface area (TPSA) is 99.5 Å². The summed E-state index contributed by atoms with van der Waals surface area (Å²) in [5.41, 5.74) is 0.864. The molecule has 0 aliphatic heterocycles. The van der Waals surface area contributed by atoms with Crippen LogP contribution in [-0.2, 0) is 11.2 Å². The number of carbonyl (C=O) groups is 2. The van der Waals surface area contributed by atoms with Crippen LogP contribution in [0.4, 0.5) is 5.69 Å². The Balaban J connectivity index is 2.06. The van der Waals surface area contributed by atoms with Gasteiger partial charge in [0, 0.05) is 12.4 Å². The van der Waals surface area contributed by atoms with Crippen LogP contribution in [0.2, 0.25) is 0 Å². The highest BCUT2D eigenvalue weighted by molar-refractivity contribution is 5.95. The van der Waals surface area contributed by atoms with Crippen LogP contribution in [-0.4, -0.2) is 27.1 Å². The van der Waals surface area contributed by atoms with Gasteiger partial charge >= 0.3 is 5.97 Å². The fraction of sp³-hybridized carbons (Fsp3) is 0.0714. The molecule has 1 aromatic heterocycles. The van der Waals surface area contributed by atoms with E-state index in [9.17, 15) is 14.7 Å². The first-order valence-corrected chi connectivity index (χ1v) is 5.81. The molecule has 1 amide bonds. The van der Waals surface area contributed by atoms with Gasteiger partial charge in [-0.15, -0.1) is 0 Å². The van der Waals surface area contributed by atoms with Crippen molar-refractivity contribution in [2.75, 3.05) is 5.32 Å². The number of carboxylic acids is 1. The maximum atomic E-state index is 11.8. The lowest BCUT2D eigenvalue weighted by molar-refractivity contribution is -0.115. The highest BCUT2D eigenvalue weighted by atomic mass is 16.4. The van der Waals surface area contributed by atoms with E-state index >= 15 is 0 Å². The minimum absolute atomic E-state index is 0.0484. The van der Waals surface area contributed by atoms with E-state index in [-0.39, 0.29) is 29.3 Å². The minimum atomic E-state index is -1.14. The van der Waals surface area contributed by atoms with E-state index in [1.165, 1.54) is 12.1 Å². The number of carbonyl (C=O) groups excluding carboxylic acids is 1. The zero-order valence-corrected chi connectivity index (χ0v) is 10.4. The van der Waals surface area contributed by atoms with Gasteiger partial charge < -0.3 is 15.5 Å². The molecule has 2 rings (SSSR count). The van der Waals surface area contributed by atoms with Crippen molar-refractivity contribution in [2.45, 2.75) is 6.42 Å². The van der Waals surface area contributed by atoms with Crippen molar-refractivity contribution < 1.29 is 19.8 Å². The van der Waals surface area contributed by atoms with E-state index in [0.717, 1.165) is 11.6 Å². The van der Waals surface area contributed by atoms with Gasteiger partial charge in [-0.2, -0.15) is 0 Å². The SMILES string of the molecule is O=C(Cc1cccnc1)Nc1ccc(C(=O)O)cc1O. The molecule has 0 radical (unpaired) electrons. The highest BCUT2D eigenvalue weighted by Crippen LogP contribution is 2.24. The lowest BCUT2D eigenvalue weighted by atomic mass is 10.1. The first kappa shape index (κ1) is 13.5. The molecule has 3 N–H and O–H groups in total. The second-order valence-electron chi connectivity index (χ2n) is 4.12. The summed E-state index contributed by atoms with van der Waals surface area (Å²) in [6.07, 6.45) is 3.30. The number of nitrogens with zero attached hydrogens (tertiary/aromatic N) is 1. The van der Waals surface area contributed by atoms with Crippen LogP contribution in [0, 0.1) is 0 Å². The Hall–Kier alpha value is -2.89. The van der Waals surface area contributed by atoms with E-state index in [0.29, 0.717) is 0 Å². The van der Waals surface area contributed by atoms with Crippen LogP contribution in [0.5, 0.6) is 5.75 Å². The first-order chi connectivity index (χ1) is 9.56. The summed E-state index contributed by atoms with van der Waals surface area (Å²) in [6.45, 7) is 0. The smallest absolute Gasteiger partial charge is 0.335 e. The number of hydrogen-bond donors (Lipinski definition) is 3. The first-order valence-electron chi connectivity index (χ1n) is 5.81. The zero-order chi connectivity index (χ0) is 14.5. The molecule has 6 heteroatoms. The average Bonchev–Trinajstić information content (AvgIpc) is 2.42. The van der Waals surface area contributed by atoms with Crippen LogP contribution >= 0.6 is 0 Å². The summed E-state index contributed by atoms with van der Waals surface area (Å²) in [6, 6.07) is 7.23. The Morgan fingerprint density at radius 2 is 2.05 bits per heavy atom. The zero-order valence-electron chi connectivity index (χ0n) is 10.4. The van der Waals surface area contributed by atoms with E-state index in [4.69, 9.17) is 5.11 Å². The predicted molar refractivity (Wildman–Crippen MR) is 71.6 cm³/mol. The standard InChI is InChI=1S/C14H12N2O4/c17-12-7-10(14(19)20)3-4-11(12)16-13(18)6-9-2-1-5-15-8-9/h1-5,7-8,17H,6H2,(H,16,18)(H,19,20). The molecule has 0 saturated carbocycles. The Morgan fingerprint density at radius 1 is 1.25 bits per heavy atom. The number of carboxylic acid groups (broad SMARTS) is 1. The minimum Gasteiger partial charge on any atom is -0.506 e. The van der Waals surface area contributed by atoms with Crippen molar-refractivity contribution in [1.29, 1.82) is 0 Å². The highest BCUT2D eigenvalue weighted by Gasteiger charge is 2.10. The molecule has 1 heterocycles. The fourth-order valence-corrected chi connectivity index (χ4v) is 1.65. The maximum Gasteiger partial charge on any atom is 0.335 e. The van der Waals surface area contributed by atoms with Gasteiger partial charge in [0.15, 0.2) is 0 Å². The normalized spacial score (nSPS) is 10.0. The van der Waals surface area contributed by atoms with Crippen LogP contribution < -0.4 is 5.32 Å². The molecule has 0 fully saturated rings. The van der Waals surface area contributed by atoms with Gasteiger partial charge in [-0.25, -0.2) is 4.79 Å². The number of phenolic OH excluding ortho intramolecular Hbond substituents is 1. The van der Waals surface area contributed by atoms with Crippen LogP contribution in [0.3, 0.4) is 0 Å². The summed E-state index contributed by atoms with van der Waals surface area (Å²) in [5.74, 6) is -1.76. The molecular weight excluding hydrogens is 260 g/mol. The third kappa shape index (κ3) is 3.32. The molecular formula is C14H12N2O4. The van der Waals surface area contributed by atoms with Gasteiger partial charge in [0.05, 0.1) is 17.7 Å². The number of anilines is 1. The molecule has 0 atom stereocenters. The van der Waals surface area contributed by atoms with Crippen LogP contribution in [0.15, 0.2) is 42.7 Å². The Bertz CT molecular complexity index is 641. The predicted octanol–water partition coefficient (Wildman–Crippen LogP) is 1.67.